The van der Waals surface area contributed by atoms with E-state index in [2.05, 4.69) is 9.97 Å². The first kappa shape index (κ1) is 14.6. The van der Waals surface area contributed by atoms with Crippen LogP contribution < -0.4 is 9.47 Å². The van der Waals surface area contributed by atoms with Crippen LogP contribution in [0.2, 0.25) is 5.15 Å². The molecule has 5 heteroatoms. The highest BCUT2D eigenvalue weighted by Crippen LogP contribution is 2.24. The van der Waals surface area contributed by atoms with Crippen molar-refractivity contribution in [1.82, 2.24) is 9.97 Å². The lowest BCUT2D eigenvalue weighted by Crippen LogP contribution is -2.05. The number of ether oxygens (including phenoxy) is 2. The van der Waals surface area contributed by atoms with E-state index < -0.39 is 0 Å². The second kappa shape index (κ2) is 6.57. The van der Waals surface area contributed by atoms with E-state index in [1.807, 2.05) is 45.0 Å². The number of benzene rings is 1. The van der Waals surface area contributed by atoms with Gasteiger partial charge in [-0.2, -0.15) is 4.98 Å². The molecule has 1 aromatic heterocycles. The second-order valence-electron chi connectivity index (χ2n) is 4.48. The lowest BCUT2D eigenvalue weighted by atomic mass is 10.2. The van der Waals surface area contributed by atoms with Gasteiger partial charge in [-0.15, -0.1) is 0 Å². The molecule has 0 saturated heterocycles. The van der Waals surface area contributed by atoms with Crippen LogP contribution in [0.5, 0.6) is 11.6 Å². The molecule has 0 radical (unpaired) electrons. The first-order valence-electron chi connectivity index (χ1n) is 6.53. The van der Waals surface area contributed by atoms with Gasteiger partial charge in [0.1, 0.15) is 10.9 Å². The van der Waals surface area contributed by atoms with Crippen LogP contribution in [0.1, 0.15) is 20.8 Å². The SMILES string of the molecule is CCOc1cc(Cl)nc(-c2ccc(OC(C)C)cc2)n1. The molecule has 1 aromatic carbocycles. The lowest BCUT2D eigenvalue weighted by molar-refractivity contribution is 0.242. The fourth-order valence-corrected chi connectivity index (χ4v) is 1.88. The smallest absolute Gasteiger partial charge is 0.218 e. The summed E-state index contributed by atoms with van der Waals surface area (Å²) >= 11 is 5.98. The molecular weight excluding hydrogens is 276 g/mol. The van der Waals surface area contributed by atoms with Crippen molar-refractivity contribution in [3.8, 4) is 23.0 Å². The van der Waals surface area contributed by atoms with Gasteiger partial charge in [0.05, 0.1) is 12.7 Å². The number of aromatic nitrogens is 2. The Morgan fingerprint density at radius 2 is 1.85 bits per heavy atom. The fourth-order valence-electron chi connectivity index (χ4n) is 1.70. The van der Waals surface area contributed by atoms with Gasteiger partial charge in [0.2, 0.25) is 5.88 Å². The molecule has 106 valence electrons. The number of rotatable bonds is 5. The highest BCUT2D eigenvalue weighted by molar-refractivity contribution is 6.29. The van der Waals surface area contributed by atoms with Crippen LogP contribution >= 0.6 is 11.6 Å². The summed E-state index contributed by atoms with van der Waals surface area (Å²) in [4.78, 5) is 8.54. The molecule has 0 bridgehead atoms. The van der Waals surface area contributed by atoms with Crippen molar-refractivity contribution in [3.05, 3.63) is 35.5 Å². The molecule has 0 spiro atoms. The van der Waals surface area contributed by atoms with E-state index in [-0.39, 0.29) is 6.10 Å². The molecule has 1 heterocycles. The summed E-state index contributed by atoms with van der Waals surface area (Å²) < 4.78 is 11.0. The monoisotopic (exact) mass is 292 g/mol. The van der Waals surface area contributed by atoms with Gasteiger partial charge in [0.25, 0.3) is 0 Å². The molecule has 0 N–H and O–H groups in total. The van der Waals surface area contributed by atoms with Gasteiger partial charge in [-0.1, -0.05) is 11.6 Å². The normalized spacial score (nSPS) is 10.7. The van der Waals surface area contributed by atoms with E-state index in [9.17, 15) is 0 Å². The van der Waals surface area contributed by atoms with Gasteiger partial charge in [-0.3, -0.25) is 0 Å². The summed E-state index contributed by atoms with van der Waals surface area (Å²) in [5, 5.41) is 0.362. The molecule has 0 atom stereocenters. The minimum Gasteiger partial charge on any atom is -0.491 e. The average molecular weight is 293 g/mol. The van der Waals surface area contributed by atoms with Crippen molar-refractivity contribution in [2.45, 2.75) is 26.9 Å². The largest absolute Gasteiger partial charge is 0.491 e. The Bertz CT molecular complexity index is 571. The maximum absolute atomic E-state index is 5.98. The standard InChI is InChI=1S/C15H17ClN2O2/c1-4-19-14-9-13(16)17-15(18-14)11-5-7-12(8-6-11)20-10(2)3/h5-10H,4H2,1-3H3. The molecule has 0 aliphatic heterocycles. The molecule has 0 unspecified atom stereocenters. The lowest BCUT2D eigenvalue weighted by Gasteiger charge is -2.10. The van der Waals surface area contributed by atoms with Crippen LogP contribution in [-0.2, 0) is 0 Å². The molecule has 2 rings (SSSR count). The molecule has 4 nitrogen and oxygen atoms in total. The zero-order valence-corrected chi connectivity index (χ0v) is 12.5. The van der Waals surface area contributed by atoms with Gasteiger partial charge in [0, 0.05) is 11.6 Å². The highest BCUT2D eigenvalue weighted by atomic mass is 35.5. The molecule has 0 fully saturated rings. The van der Waals surface area contributed by atoms with E-state index in [4.69, 9.17) is 21.1 Å². The predicted octanol–water partition coefficient (Wildman–Crippen LogP) is 3.98. The first-order valence-corrected chi connectivity index (χ1v) is 6.90. The summed E-state index contributed by atoms with van der Waals surface area (Å²) in [5.74, 6) is 1.83. The molecule has 0 aliphatic carbocycles. The third kappa shape index (κ3) is 3.84. The fraction of sp³-hybridized carbons (Fsp3) is 0.333. The Morgan fingerprint density at radius 3 is 2.45 bits per heavy atom. The van der Waals surface area contributed by atoms with Crippen LogP contribution in [-0.4, -0.2) is 22.7 Å². The van der Waals surface area contributed by atoms with Crippen LogP contribution in [0, 0.1) is 0 Å². The summed E-state index contributed by atoms with van der Waals surface area (Å²) in [6, 6.07) is 9.18. The molecule has 2 aromatic rings. The summed E-state index contributed by atoms with van der Waals surface area (Å²) in [6.07, 6.45) is 0.146. The number of halogens is 1. The van der Waals surface area contributed by atoms with E-state index in [1.165, 1.54) is 0 Å². The van der Waals surface area contributed by atoms with Crippen LogP contribution in [0.15, 0.2) is 30.3 Å². The van der Waals surface area contributed by atoms with Crippen LogP contribution in [0.3, 0.4) is 0 Å². The zero-order valence-electron chi connectivity index (χ0n) is 11.8. The van der Waals surface area contributed by atoms with E-state index in [1.54, 1.807) is 6.07 Å². The number of hydrogen-bond donors (Lipinski definition) is 0. The van der Waals surface area contributed by atoms with Crippen molar-refractivity contribution in [1.29, 1.82) is 0 Å². The minimum absolute atomic E-state index is 0.146. The number of nitrogens with zero attached hydrogens (tertiary/aromatic N) is 2. The Morgan fingerprint density at radius 1 is 1.15 bits per heavy atom. The molecular formula is C15H17ClN2O2. The van der Waals surface area contributed by atoms with Crippen molar-refractivity contribution < 1.29 is 9.47 Å². The summed E-state index contributed by atoms with van der Waals surface area (Å²) in [5.41, 5.74) is 0.865. The van der Waals surface area contributed by atoms with E-state index in [0.717, 1.165) is 11.3 Å². The Hall–Kier alpha value is -1.81. The maximum atomic E-state index is 5.98. The zero-order chi connectivity index (χ0) is 14.5. The average Bonchev–Trinajstić information content (AvgIpc) is 2.38. The third-order valence-corrected chi connectivity index (χ3v) is 2.64. The predicted molar refractivity (Wildman–Crippen MR) is 79.4 cm³/mol. The van der Waals surface area contributed by atoms with Crippen molar-refractivity contribution in [2.24, 2.45) is 0 Å². The first-order chi connectivity index (χ1) is 9.58. The van der Waals surface area contributed by atoms with Crippen molar-refractivity contribution in [3.63, 3.8) is 0 Å². The third-order valence-electron chi connectivity index (χ3n) is 2.45. The Balaban J connectivity index is 2.26. The summed E-state index contributed by atoms with van der Waals surface area (Å²) in [7, 11) is 0. The van der Waals surface area contributed by atoms with Gasteiger partial charge in [-0.05, 0) is 45.0 Å². The van der Waals surface area contributed by atoms with Crippen LogP contribution in [0.4, 0.5) is 0 Å². The van der Waals surface area contributed by atoms with Gasteiger partial charge in [0.15, 0.2) is 5.82 Å². The van der Waals surface area contributed by atoms with Crippen molar-refractivity contribution in [2.75, 3.05) is 6.61 Å². The molecule has 0 amide bonds. The molecule has 0 saturated carbocycles. The summed E-state index contributed by atoms with van der Waals surface area (Å²) in [6.45, 7) is 6.41. The van der Waals surface area contributed by atoms with Crippen LogP contribution in [0.25, 0.3) is 11.4 Å². The maximum Gasteiger partial charge on any atom is 0.218 e. The highest BCUT2D eigenvalue weighted by Gasteiger charge is 2.07. The number of hydrogen-bond acceptors (Lipinski definition) is 4. The van der Waals surface area contributed by atoms with Gasteiger partial charge in [-0.25, -0.2) is 4.98 Å². The quantitative estimate of drug-likeness (QED) is 0.782. The Labute approximate surface area is 123 Å². The minimum atomic E-state index is 0.146. The second-order valence-corrected chi connectivity index (χ2v) is 4.86. The van der Waals surface area contributed by atoms with E-state index in [0.29, 0.717) is 23.5 Å². The van der Waals surface area contributed by atoms with Crippen molar-refractivity contribution >= 4 is 11.6 Å². The Kier molecular flexibility index (Phi) is 4.79. The van der Waals surface area contributed by atoms with Gasteiger partial charge < -0.3 is 9.47 Å². The molecule has 0 aliphatic rings. The topological polar surface area (TPSA) is 44.2 Å². The van der Waals surface area contributed by atoms with Gasteiger partial charge >= 0.3 is 0 Å². The van der Waals surface area contributed by atoms with E-state index >= 15 is 0 Å². The molecule has 20 heavy (non-hydrogen) atoms.